The predicted octanol–water partition coefficient (Wildman–Crippen LogP) is 8.47. The van der Waals surface area contributed by atoms with Gasteiger partial charge in [-0.3, -0.25) is 4.79 Å². The molecule has 0 radical (unpaired) electrons. The molecule has 0 aromatic carbocycles. The van der Waals surface area contributed by atoms with Gasteiger partial charge >= 0.3 is 5.97 Å². The van der Waals surface area contributed by atoms with Crippen LogP contribution in [0, 0.1) is 46.3 Å². The third kappa shape index (κ3) is 4.03. The number of fused-ring (bicyclic) bond motifs is 5. The Hall–Kier alpha value is -1.05. The third-order valence-electron chi connectivity index (χ3n) is 10.6. The number of carbonyl (C=O) groups excluding carboxylic acids is 1. The summed E-state index contributed by atoms with van der Waals surface area (Å²) in [6.07, 6.45) is 15.8. The zero-order valence-electron chi connectivity index (χ0n) is 21.9. The van der Waals surface area contributed by atoms with Crippen LogP contribution in [0.15, 0.2) is 23.0 Å². The van der Waals surface area contributed by atoms with Crippen molar-refractivity contribution in [2.45, 2.75) is 113 Å². The van der Waals surface area contributed by atoms with Gasteiger partial charge in [0.05, 0.1) is 0 Å². The second-order valence-corrected chi connectivity index (χ2v) is 12.8. The van der Waals surface area contributed by atoms with Crippen LogP contribution in [-0.2, 0) is 9.53 Å². The summed E-state index contributed by atoms with van der Waals surface area (Å²) in [7, 11) is 0. The van der Waals surface area contributed by atoms with Gasteiger partial charge in [0.1, 0.15) is 5.76 Å². The lowest BCUT2D eigenvalue weighted by molar-refractivity contribution is -0.137. The molecular weight excluding hydrogens is 392 g/mol. The van der Waals surface area contributed by atoms with Crippen molar-refractivity contribution in [3.63, 3.8) is 0 Å². The van der Waals surface area contributed by atoms with E-state index in [1.807, 2.05) is 0 Å². The van der Waals surface area contributed by atoms with Crippen LogP contribution in [0.2, 0.25) is 0 Å². The van der Waals surface area contributed by atoms with E-state index in [0.29, 0.717) is 5.41 Å². The third-order valence-corrected chi connectivity index (χ3v) is 10.6. The molecule has 0 unspecified atom stereocenters. The van der Waals surface area contributed by atoms with E-state index >= 15 is 0 Å². The highest BCUT2D eigenvalue weighted by molar-refractivity contribution is 5.68. The largest absolute Gasteiger partial charge is 0.431 e. The molecule has 2 nitrogen and oxygen atoms in total. The van der Waals surface area contributed by atoms with Crippen molar-refractivity contribution < 1.29 is 9.53 Å². The number of allylic oxidation sites excluding steroid dienone is 4. The van der Waals surface area contributed by atoms with E-state index in [1.54, 1.807) is 0 Å². The first kappa shape index (κ1) is 24.1. The molecule has 0 N–H and O–H groups in total. The van der Waals surface area contributed by atoms with Crippen molar-refractivity contribution in [2.75, 3.05) is 0 Å². The minimum absolute atomic E-state index is 0.176. The van der Waals surface area contributed by atoms with Gasteiger partial charge in [-0.25, -0.2) is 0 Å². The van der Waals surface area contributed by atoms with Gasteiger partial charge in [-0.15, -0.1) is 0 Å². The van der Waals surface area contributed by atoms with Crippen molar-refractivity contribution in [1.82, 2.24) is 0 Å². The summed E-state index contributed by atoms with van der Waals surface area (Å²) in [4.78, 5) is 11.6. The van der Waals surface area contributed by atoms with Crippen LogP contribution in [0.3, 0.4) is 0 Å². The number of esters is 1. The van der Waals surface area contributed by atoms with Crippen molar-refractivity contribution in [2.24, 2.45) is 46.3 Å². The maximum atomic E-state index is 11.6. The van der Waals surface area contributed by atoms with Crippen LogP contribution in [0.25, 0.3) is 0 Å². The Morgan fingerprint density at radius 3 is 2.53 bits per heavy atom. The van der Waals surface area contributed by atoms with Gasteiger partial charge in [-0.05, 0) is 103 Å². The zero-order chi connectivity index (χ0) is 23.3. The predicted molar refractivity (Wildman–Crippen MR) is 133 cm³/mol. The van der Waals surface area contributed by atoms with E-state index in [9.17, 15) is 4.79 Å². The van der Waals surface area contributed by atoms with Gasteiger partial charge in [-0.2, -0.15) is 0 Å². The molecule has 0 bridgehead atoms. The Morgan fingerprint density at radius 2 is 1.84 bits per heavy atom. The Balaban J connectivity index is 1.53. The smallest absolute Gasteiger partial charge is 0.307 e. The summed E-state index contributed by atoms with van der Waals surface area (Å²) in [5.74, 6) is 5.92. The lowest BCUT2D eigenvalue weighted by atomic mass is 9.47. The standard InChI is InChI=1S/C30H48O2/c1-19(2)9-8-10-20(3)24-13-14-26-23-11-12-25-21(4)28(32-22(5)31)16-18-30(25,7)27(23)15-17-29(24,26)6/h12,19-20,23-24,26-27H,8-11,13-18H2,1-7H3/t20-,23-,24+,26-,27-,29-,30+/m1/s1. The van der Waals surface area contributed by atoms with Crippen molar-refractivity contribution in [3.8, 4) is 0 Å². The van der Waals surface area contributed by atoms with E-state index in [1.165, 1.54) is 69.4 Å². The van der Waals surface area contributed by atoms with Crippen molar-refractivity contribution in [1.29, 1.82) is 0 Å². The fourth-order valence-electron chi connectivity index (χ4n) is 9.03. The summed E-state index contributed by atoms with van der Waals surface area (Å²) in [6, 6.07) is 0. The van der Waals surface area contributed by atoms with Crippen LogP contribution in [-0.4, -0.2) is 5.97 Å². The number of hydrogen-bond acceptors (Lipinski definition) is 2. The van der Waals surface area contributed by atoms with Crippen LogP contribution < -0.4 is 0 Å². The lowest BCUT2D eigenvalue weighted by Gasteiger charge is -2.58. The van der Waals surface area contributed by atoms with Gasteiger partial charge in [0, 0.05) is 13.3 Å². The highest BCUT2D eigenvalue weighted by atomic mass is 16.5. The quantitative estimate of drug-likeness (QED) is 0.387. The molecule has 0 heterocycles. The fraction of sp³-hybridized carbons (Fsp3) is 0.833. The lowest BCUT2D eigenvalue weighted by Crippen LogP contribution is -2.50. The molecule has 0 aromatic heterocycles. The van der Waals surface area contributed by atoms with E-state index in [4.69, 9.17) is 4.74 Å². The van der Waals surface area contributed by atoms with Gasteiger partial charge in [-0.1, -0.05) is 60.0 Å². The van der Waals surface area contributed by atoms with Crippen molar-refractivity contribution >= 4 is 5.97 Å². The highest BCUT2D eigenvalue weighted by Crippen LogP contribution is 2.67. The Labute approximate surface area is 197 Å². The number of carbonyl (C=O) groups is 1. The molecule has 0 aromatic rings. The van der Waals surface area contributed by atoms with E-state index < -0.39 is 0 Å². The molecule has 0 aliphatic heterocycles. The molecule has 180 valence electrons. The fourth-order valence-corrected chi connectivity index (χ4v) is 9.03. The molecule has 0 saturated heterocycles. The second kappa shape index (κ2) is 8.95. The summed E-state index contributed by atoms with van der Waals surface area (Å²) in [5, 5.41) is 0. The second-order valence-electron chi connectivity index (χ2n) is 12.8. The summed E-state index contributed by atoms with van der Waals surface area (Å²) >= 11 is 0. The van der Waals surface area contributed by atoms with Gasteiger partial charge in [0.2, 0.25) is 0 Å². The molecule has 32 heavy (non-hydrogen) atoms. The molecule has 0 amide bonds. The monoisotopic (exact) mass is 440 g/mol. The SMILES string of the molecule is CC(=O)OC1=C(C)C2=CC[C@@H]3[C@H]4CC[C@@H]([C@H](C)CCCC(C)C)[C@@]4(C)CC[C@H]3[C@@]2(C)CC1. The Bertz CT molecular complexity index is 789. The Morgan fingerprint density at radius 1 is 1.09 bits per heavy atom. The van der Waals surface area contributed by atoms with Crippen LogP contribution in [0.1, 0.15) is 113 Å². The normalized spacial score (nSPS) is 39.8. The van der Waals surface area contributed by atoms with Crippen LogP contribution >= 0.6 is 0 Å². The maximum absolute atomic E-state index is 11.6. The first-order valence-corrected chi connectivity index (χ1v) is 13.7. The summed E-state index contributed by atoms with van der Waals surface area (Å²) in [6.45, 7) is 16.2. The molecule has 4 aliphatic rings. The minimum atomic E-state index is -0.176. The van der Waals surface area contributed by atoms with E-state index in [0.717, 1.165) is 54.1 Å². The minimum Gasteiger partial charge on any atom is -0.431 e. The number of hydrogen-bond donors (Lipinski definition) is 0. The van der Waals surface area contributed by atoms with Gasteiger partial charge in [0.25, 0.3) is 0 Å². The van der Waals surface area contributed by atoms with Gasteiger partial charge in [0.15, 0.2) is 0 Å². The highest BCUT2D eigenvalue weighted by Gasteiger charge is 2.59. The molecule has 2 fully saturated rings. The molecule has 0 spiro atoms. The zero-order valence-corrected chi connectivity index (χ0v) is 21.9. The number of rotatable bonds is 6. The summed E-state index contributed by atoms with van der Waals surface area (Å²) in [5.41, 5.74) is 3.56. The molecule has 2 heteroatoms. The molecular formula is C30H48O2. The topological polar surface area (TPSA) is 26.3 Å². The van der Waals surface area contributed by atoms with Crippen LogP contribution in [0.4, 0.5) is 0 Å². The molecule has 4 rings (SSSR count). The summed E-state index contributed by atoms with van der Waals surface area (Å²) < 4.78 is 5.61. The average Bonchev–Trinajstić information content (AvgIpc) is 3.07. The van der Waals surface area contributed by atoms with Gasteiger partial charge < -0.3 is 4.74 Å². The van der Waals surface area contributed by atoms with Crippen LogP contribution in [0.5, 0.6) is 0 Å². The Kier molecular flexibility index (Phi) is 6.74. The van der Waals surface area contributed by atoms with E-state index in [2.05, 4.69) is 47.6 Å². The average molecular weight is 441 g/mol. The number of ether oxygens (including phenoxy) is 1. The first-order valence-electron chi connectivity index (χ1n) is 13.7. The molecule has 7 atom stereocenters. The van der Waals surface area contributed by atoms with Crippen molar-refractivity contribution in [3.05, 3.63) is 23.0 Å². The maximum Gasteiger partial charge on any atom is 0.307 e. The van der Waals surface area contributed by atoms with E-state index in [-0.39, 0.29) is 11.4 Å². The molecule has 4 aliphatic carbocycles. The first-order chi connectivity index (χ1) is 15.1. The molecule has 2 saturated carbocycles.